The molecule has 2 rings (SSSR count). The van der Waals surface area contributed by atoms with E-state index in [1.54, 1.807) is 6.07 Å². The Bertz CT molecular complexity index is 420. The van der Waals surface area contributed by atoms with Crippen molar-refractivity contribution in [3.05, 3.63) is 23.7 Å². The Morgan fingerprint density at radius 2 is 2.11 bits per heavy atom. The van der Waals surface area contributed by atoms with Crippen LogP contribution < -0.4 is 0 Å². The molecule has 1 heterocycles. The van der Waals surface area contributed by atoms with Crippen molar-refractivity contribution in [1.82, 2.24) is 4.90 Å². The van der Waals surface area contributed by atoms with Gasteiger partial charge in [0.15, 0.2) is 0 Å². The third kappa shape index (κ3) is 2.93. The second-order valence-corrected chi connectivity index (χ2v) is 5.50. The maximum atomic E-state index is 10.8. The quantitative estimate of drug-likeness (QED) is 0.843. The number of carboxylic acids is 1. The van der Waals surface area contributed by atoms with Crippen LogP contribution in [0.1, 0.15) is 56.0 Å². The fourth-order valence-electron chi connectivity index (χ4n) is 2.31. The predicted molar refractivity (Wildman–Crippen MR) is 68.6 cm³/mol. The van der Waals surface area contributed by atoms with E-state index in [4.69, 9.17) is 9.52 Å². The van der Waals surface area contributed by atoms with Gasteiger partial charge < -0.3 is 9.52 Å². The summed E-state index contributed by atoms with van der Waals surface area (Å²) in [5, 5.41) is 8.88. The summed E-state index contributed by atoms with van der Waals surface area (Å²) < 4.78 is 5.41. The summed E-state index contributed by atoms with van der Waals surface area (Å²) in [6.45, 7) is 7.51. The molecule has 0 bridgehead atoms. The zero-order chi connectivity index (χ0) is 13.3. The molecular weight excluding hydrogens is 230 g/mol. The molecule has 0 saturated heterocycles. The average molecular weight is 251 g/mol. The minimum absolute atomic E-state index is 0.0251. The van der Waals surface area contributed by atoms with Crippen LogP contribution >= 0.6 is 0 Å². The van der Waals surface area contributed by atoms with Crippen molar-refractivity contribution >= 4 is 5.97 Å². The standard InChI is InChI=1S/C14H21NO3/c1-9(2)8-15(11-4-5-11)10(3)12-6-7-13(18-12)14(16)17/h6-7,9-11H,4-5,8H2,1-3H3,(H,16,17). The van der Waals surface area contributed by atoms with Crippen LogP contribution in [0.25, 0.3) is 0 Å². The summed E-state index contributed by atoms with van der Waals surface area (Å²) in [7, 11) is 0. The average Bonchev–Trinajstić information content (AvgIpc) is 3.00. The van der Waals surface area contributed by atoms with Crippen molar-refractivity contribution in [2.45, 2.75) is 45.7 Å². The summed E-state index contributed by atoms with van der Waals surface area (Å²) >= 11 is 0. The first kappa shape index (κ1) is 13.1. The van der Waals surface area contributed by atoms with Crippen molar-refractivity contribution in [3.8, 4) is 0 Å². The van der Waals surface area contributed by atoms with Gasteiger partial charge in [-0.2, -0.15) is 0 Å². The van der Waals surface area contributed by atoms with Crippen LogP contribution in [0.5, 0.6) is 0 Å². The highest BCUT2D eigenvalue weighted by Gasteiger charge is 2.34. The molecule has 0 spiro atoms. The van der Waals surface area contributed by atoms with E-state index in [2.05, 4.69) is 25.7 Å². The van der Waals surface area contributed by atoms with Crippen molar-refractivity contribution < 1.29 is 14.3 Å². The summed E-state index contributed by atoms with van der Waals surface area (Å²) in [6.07, 6.45) is 2.48. The zero-order valence-electron chi connectivity index (χ0n) is 11.2. The lowest BCUT2D eigenvalue weighted by Crippen LogP contribution is -2.32. The van der Waals surface area contributed by atoms with Crippen LogP contribution in [0, 0.1) is 5.92 Å². The number of rotatable bonds is 6. The van der Waals surface area contributed by atoms with Crippen molar-refractivity contribution in [1.29, 1.82) is 0 Å². The highest BCUT2D eigenvalue weighted by Crippen LogP contribution is 2.35. The van der Waals surface area contributed by atoms with E-state index < -0.39 is 5.97 Å². The Morgan fingerprint density at radius 3 is 2.56 bits per heavy atom. The van der Waals surface area contributed by atoms with E-state index in [0.717, 1.165) is 12.3 Å². The van der Waals surface area contributed by atoms with Crippen LogP contribution in [0.3, 0.4) is 0 Å². The van der Waals surface area contributed by atoms with Crippen molar-refractivity contribution in [2.24, 2.45) is 5.92 Å². The largest absolute Gasteiger partial charge is 0.475 e. The molecule has 1 aliphatic rings. The summed E-state index contributed by atoms with van der Waals surface area (Å²) in [5.41, 5.74) is 0. The lowest BCUT2D eigenvalue weighted by atomic mass is 10.1. The number of furan rings is 1. The molecule has 1 aliphatic carbocycles. The third-order valence-electron chi connectivity index (χ3n) is 3.34. The smallest absolute Gasteiger partial charge is 0.371 e. The molecule has 0 aromatic carbocycles. The summed E-state index contributed by atoms with van der Waals surface area (Å²) in [5.74, 6) is 0.370. The SMILES string of the molecule is CC(C)CN(C1CC1)C(C)c1ccc(C(=O)O)o1. The highest BCUT2D eigenvalue weighted by atomic mass is 16.4. The molecular formula is C14H21NO3. The molecule has 1 N–H and O–H groups in total. The molecule has 0 radical (unpaired) electrons. The number of hydrogen-bond donors (Lipinski definition) is 1. The second kappa shape index (κ2) is 5.14. The minimum atomic E-state index is -1.00. The number of hydrogen-bond acceptors (Lipinski definition) is 3. The van der Waals surface area contributed by atoms with Crippen LogP contribution in [-0.4, -0.2) is 28.6 Å². The maximum absolute atomic E-state index is 10.8. The maximum Gasteiger partial charge on any atom is 0.371 e. The van der Waals surface area contributed by atoms with Gasteiger partial charge in [0.05, 0.1) is 6.04 Å². The van der Waals surface area contributed by atoms with Crippen LogP contribution in [-0.2, 0) is 0 Å². The fraction of sp³-hybridized carbons (Fsp3) is 0.643. The van der Waals surface area contributed by atoms with E-state index in [-0.39, 0.29) is 11.8 Å². The zero-order valence-corrected chi connectivity index (χ0v) is 11.2. The Morgan fingerprint density at radius 1 is 1.44 bits per heavy atom. The molecule has 4 heteroatoms. The Hall–Kier alpha value is -1.29. The Kier molecular flexibility index (Phi) is 3.76. The van der Waals surface area contributed by atoms with E-state index in [1.165, 1.54) is 18.9 Å². The van der Waals surface area contributed by atoms with E-state index in [0.29, 0.717) is 12.0 Å². The normalized spacial score (nSPS) is 17.4. The van der Waals surface area contributed by atoms with Gasteiger partial charge in [0.2, 0.25) is 5.76 Å². The van der Waals surface area contributed by atoms with E-state index >= 15 is 0 Å². The van der Waals surface area contributed by atoms with Gasteiger partial charge in [0.1, 0.15) is 5.76 Å². The molecule has 1 aromatic rings. The molecule has 18 heavy (non-hydrogen) atoms. The van der Waals surface area contributed by atoms with Crippen molar-refractivity contribution in [3.63, 3.8) is 0 Å². The first-order valence-corrected chi connectivity index (χ1v) is 6.57. The molecule has 1 unspecified atom stereocenters. The molecule has 1 aromatic heterocycles. The van der Waals surface area contributed by atoms with Crippen molar-refractivity contribution in [2.75, 3.05) is 6.54 Å². The molecule has 100 valence electrons. The lowest BCUT2D eigenvalue weighted by Gasteiger charge is -2.29. The van der Waals surface area contributed by atoms with Gasteiger partial charge in [0.25, 0.3) is 0 Å². The number of aromatic carboxylic acids is 1. The summed E-state index contributed by atoms with van der Waals surface area (Å²) in [6, 6.07) is 4.10. The Labute approximate surface area is 108 Å². The van der Waals surface area contributed by atoms with Gasteiger partial charge in [-0.3, -0.25) is 4.90 Å². The molecule has 0 aliphatic heterocycles. The minimum Gasteiger partial charge on any atom is -0.475 e. The second-order valence-electron chi connectivity index (χ2n) is 5.50. The monoisotopic (exact) mass is 251 g/mol. The summed E-state index contributed by atoms with van der Waals surface area (Å²) in [4.78, 5) is 13.2. The first-order chi connectivity index (χ1) is 8.49. The third-order valence-corrected chi connectivity index (χ3v) is 3.34. The molecule has 4 nitrogen and oxygen atoms in total. The number of nitrogens with zero attached hydrogens (tertiary/aromatic N) is 1. The van der Waals surface area contributed by atoms with Gasteiger partial charge in [-0.1, -0.05) is 13.8 Å². The van der Waals surface area contributed by atoms with Gasteiger partial charge in [-0.15, -0.1) is 0 Å². The topological polar surface area (TPSA) is 53.7 Å². The molecule has 0 amide bonds. The molecule has 1 atom stereocenters. The first-order valence-electron chi connectivity index (χ1n) is 6.57. The predicted octanol–water partition coefficient (Wildman–Crippen LogP) is 3.16. The van der Waals surface area contributed by atoms with Gasteiger partial charge in [-0.05, 0) is 37.8 Å². The Balaban J connectivity index is 2.11. The van der Waals surface area contributed by atoms with Crippen LogP contribution in [0.2, 0.25) is 0 Å². The number of carbonyl (C=O) groups is 1. The van der Waals surface area contributed by atoms with Crippen LogP contribution in [0.4, 0.5) is 0 Å². The lowest BCUT2D eigenvalue weighted by molar-refractivity contribution is 0.0654. The van der Waals surface area contributed by atoms with Gasteiger partial charge >= 0.3 is 5.97 Å². The molecule has 1 saturated carbocycles. The van der Waals surface area contributed by atoms with E-state index in [1.807, 2.05) is 0 Å². The van der Waals surface area contributed by atoms with E-state index in [9.17, 15) is 4.79 Å². The molecule has 1 fully saturated rings. The highest BCUT2D eigenvalue weighted by molar-refractivity contribution is 5.84. The fourth-order valence-corrected chi connectivity index (χ4v) is 2.31. The van der Waals surface area contributed by atoms with Gasteiger partial charge in [-0.25, -0.2) is 4.79 Å². The number of carboxylic acid groups (broad SMARTS) is 1. The van der Waals surface area contributed by atoms with Gasteiger partial charge in [0, 0.05) is 12.6 Å². The van der Waals surface area contributed by atoms with Crippen LogP contribution in [0.15, 0.2) is 16.5 Å².